The number of pyridine rings is 1. The number of hydrogen-bond acceptors (Lipinski definition) is 1. The summed E-state index contributed by atoms with van der Waals surface area (Å²) in [4.78, 5) is 4.70. The lowest BCUT2D eigenvalue weighted by Gasteiger charge is -2.13. The average molecular weight is 432 g/mol. The minimum Gasteiger partial charge on any atom is -0.256 e. The normalized spacial score (nSPS) is 11.5. The molecule has 7 rings (SSSR count). The highest BCUT2D eigenvalue weighted by molar-refractivity contribution is 6.21. The summed E-state index contributed by atoms with van der Waals surface area (Å²) in [6, 6.07) is 43.6. The molecule has 0 N–H and O–H groups in total. The molecule has 0 fully saturated rings. The van der Waals surface area contributed by atoms with E-state index in [1.54, 1.807) is 0 Å². The van der Waals surface area contributed by atoms with Crippen LogP contribution in [-0.4, -0.2) is 4.98 Å². The first-order valence-electron chi connectivity index (χ1n) is 11.6. The third kappa shape index (κ3) is 2.91. The zero-order chi connectivity index (χ0) is 22.5. The highest BCUT2D eigenvalue weighted by Crippen LogP contribution is 2.38. The molecule has 7 aromatic rings. The number of fused-ring (bicyclic) bond motifs is 6. The highest BCUT2D eigenvalue weighted by Gasteiger charge is 2.11. The van der Waals surface area contributed by atoms with Gasteiger partial charge < -0.3 is 0 Å². The van der Waals surface area contributed by atoms with Crippen LogP contribution in [-0.2, 0) is 0 Å². The number of rotatable bonds is 2. The Bertz CT molecular complexity index is 1840. The third-order valence-corrected chi connectivity index (χ3v) is 6.91. The molecule has 0 atom stereocenters. The van der Waals surface area contributed by atoms with E-state index < -0.39 is 0 Å². The van der Waals surface area contributed by atoms with Gasteiger partial charge in [0.1, 0.15) is 0 Å². The molecule has 158 valence electrons. The number of hydrogen-bond donors (Lipinski definition) is 0. The van der Waals surface area contributed by atoms with Crippen molar-refractivity contribution in [3.63, 3.8) is 0 Å². The van der Waals surface area contributed by atoms with Gasteiger partial charge in [0, 0.05) is 17.1 Å². The van der Waals surface area contributed by atoms with Crippen LogP contribution in [0, 0.1) is 0 Å². The van der Waals surface area contributed by atoms with Gasteiger partial charge >= 0.3 is 0 Å². The molecule has 0 aliphatic heterocycles. The van der Waals surface area contributed by atoms with Crippen molar-refractivity contribution in [2.45, 2.75) is 0 Å². The predicted octanol–water partition coefficient (Wildman–Crippen LogP) is 9.03. The van der Waals surface area contributed by atoms with Crippen molar-refractivity contribution < 1.29 is 0 Å². The van der Waals surface area contributed by atoms with Gasteiger partial charge in [0.25, 0.3) is 0 Å². The zero-order valence-corrected chi connectivity index (χ0v) is 18.6. The minimum atomic E-state index is 1.03. The summed E-state index contributed by atoms with van der Waals surface area (Å²) in [5.41, 5.74) is 4.64. The Hall–Kier alpha value is -4.49. The first kappa shape index (κ1) is 19.0. The average Bonchev–Trinajstić information content (AvgIpc) is 2.92. The second-order valence-corrected chi connectivity index (χ2v) is 8.81. The van der Waals surface area contributed by atoms with Gasteiger partial charge in [0.15, 0.2) is 0 Å². The maximum Gasteiger partial charge on any atom is 0.0780 e. The Kier molecular flexibility index (Phi) is 4.22. The molecule has 1 aromatic heterocycles. The van der Waals surface area contributed by atoms with Crippen LogP contribution in [0.4, 0.5) is 0 Å². The summed E-state index contributed by atoms with van der Waals surface area (Å²) in [5.74, 6) is 0. The quantitative estimate of drug-likeness (QED) is 0.249. The van der Waals surface area contributed by atoms with Gasteiger partial charge in [0.2, 0.25) is 0 Å². The van der Waals surface area contributed by atoms with Gasteiger partial charge in [-0.1, -0.05) is 109 Å². The fourth-order valence-corrected chi connectivity index (χ4v) is 5.26. The molecule has 0 unspecified atom stereocenters. The van der Waals surface area contributed by atoms with Crippen LogP contribution in [0.2, 0.25) is 0 Å². The molecule has 6 aromatic carbocycles. The molecule has 0 radical (unpaired) electrons. The fourth-order valence-electron chi connectivity index (χ4n) is 5.26. The van der Waals surface area contributed by atoms with E-state index in [2.05, 4.69) is 121 Å². The van der Waals surface area contributed by atoms with E-state index in [1.165, 1.54) is 54.2 Å². The van der Waals surface area contributed by atoms with Crippen LogP contribution in [0.3, 0.4) is 0 Å². The van der Waals surface area contributed by atoms with E-state index in [9.17, 15) is 0 Å². The molecule has 0 bridgehead atoms. The first-order chi connectivity index (χ1) is 16.9. The maximum absolute atomic E-state index is 4.70. The van der Waals surface area contributed by atoms with E-state index in [1.807, 2.05) is 6.20 Å². The monoisotopic (exact) mass is 431 g/mol. The molecule has 0 aliphatic carbocycles. The van der Waals surface area contributed by atoms with E-state index in [0.29, 0.717) is 0 Å². The van der Waals surface area contributed by atoms with E-state index >= 15 is 0 Å². The molecule has 0 aliphatic rings. The lowest BCUT2D eigenvalue weighted by atomic mass is 9.90. The smallest absolute Gasteiger partial charge is 0.0780 e. The van der Waals surface area contributed by atoms with Gasteiger partial charge in [-0.05, 0) is 61.0 Å². The predicted molar refractivity (Wildman–Crippen MR) is 145 cm³/mol. The van der Waals surface area contributed by atoms with Crippen LogP contribution in [0.5, 0.6) is 0 Å². The standard InChI is InChI=1S/C33H21N/c1-3-9-26-22(7-1)17-18-30-28-11-5-6-12-29(28)31(21-32(26)30)24-13-15-25(16-14-24)33-27-10-4-2-8-23(27)19-20-34-33/h1-21H. The molecule has 0 spiro atoms. The molecule has 0 amide bonds. The van der Waals surface area contributed by atoms with Gasteiger partial charge in [-0.3, -0.25) is 4.98 Å². The topological polar surface area (TPSA) is 12.9 Å². The molecule has 1 nitrogen and oxygen atoms in total. The van der Waals surface area contributed by atoms with Crippen molar-refractivity contribution in [1.29, 1.82) is 0 Å². The van der Waals surface area contributed by atoms with Gasteiger partial charge in [-0.25, -0.2) is 0 Å². The summed E-state index contributed by atoms with van der Waals surface area (Å²) in [5, 5.41) is 10.1. The second-order valence-electron chi connectivity index (χ2n) is 8.81. The summed E-state index contributed by atoms with van der Waals surface area (Å²) in [6.45, 7) is 0. The van der Waals surface area contributed by atoms with Crippen molar-refractivity contribution >= 4 is 43.1 Å². The number of aromatic nitrogens is 1. The lowest BCUT2D eigenvalue weighted by molar-refractivity contribution is 1.36. The van der Waals surface area contributed by atoms with Crippen molar-refractivity contribution in [3.05, 3.63) is 128 Å². The highest BCUT2D eigenvalue weighted by atomic mass is 14.7. The lowest BCUT2D eigenvalue weighted by Crippen LogP contribution is -1.88. The Morgan fingerprint density at radius 1 is 0.382 bits per heavy atom. The molecule has 0 saturated heterocycles. The van der Waals surface area contributed by atoms with Gasteiger partial charge in [-0.15, -0.1) is 0 Å². The molecule has 1 heteroatoms. The Labute approximate surface area is 197 Å². The zero-order valence-electron chi connectivity index (χ0n) is 18.6. The molecular weight excluding hydrogens is 410 g/mol. The van der Waals surface area contributed by atoms with Crippen LogP contribution in [0.15, 0.2) is 128 Å². The number of nitrogens with zero attached hydrogens (tertiary/aromatic N) is 1. The van der Waals surface area contributed by atoms with Crippen molar-refractivity contribution in [1.82, 2.24) is 4.98 Å². The second kappa shape index (κ2) is 7.54. The largest absolute Gasteiger partial charge is 0.256 e. The molecule has 0 saturated carbocycles. The Balaban J connectivity index is 1.46. The maximum atomic E-state index is 4.70. The van der Waals surface area contributed by atoms with Crippen molar-refractivity contribution in [2.75, 3.05) is 0 Å². The minimum absolute atomic E-state index is 1.03. The Morgan fingerprint density at radius 3 is 1.76 bits per heavy atom. The molecule has 1 heterocycles. The summed E-state index contributed by atoms with van der Waals surface area (Å²) in [7, 11) is 0. The van der Waals surface area contributed by atoms with E-state index in [-0.39, 0.29) is 0 Å². The van der Waals surface area contributed by atoms with Crippen LogP contribution >= 0.6 is 0 Å². The van der Waals surface area contributed by atoms with E-state index in [0.717, 1.165) is 11.3 Å². The van der Waals surface area contributed by atoms with Crippen molar-refractivity contribution in [2.24, 2.45) is 0 Å². The van der Waals surface area contributed by atoms with Crippen LogP contribution < -0.4 is 0 Å². The van der Waals surface area contributed by atoms with Gasteiger partial charge in [0.05, 0.1) is 5.69 Å². The molecular formula is C33H21N. The van der Waals surface area contributed by atoms with Crippen molar-refractivity contribution in [3.8, 4) is 22.4 Å². The third-order valence-electron chi connectivity index (χ3n) is 6.91. The summed E-state index contributed by atoms with van der Waals surface area (Å²) < 4.78 is 0. The summed E-state index contributed by atoms with van der Waals surface area (Å²) in [6.07, 6.45) is 1.90. The Morgan fingerprint density at radius 2 is 0.971 bits per heavy atom. The van der Waals surface area contributed by atoms with Gasteiger partial charge in [-0.2, -0.15) is 0 Å². The first-order valence-corrected chi connectivity index (χ1v) is 11.6. The summed E-state index contributed by atoms with van der Waals surface area (Å²) >= 11 is 0. The SMILES string of the molecule is c1ccc2c(-c3ccc(-c4cc5c6ccccc6ccc5c5ccccc45)cc3)nccc2c1. The molecule has 34 heavy (non-hydrogen) atoms. The van der Waals surface area contributed by atoms with Crippen LogP contribution in [0.25, 0.3) is 65.5 Å². The number of benzene rings is 6. The van der Waals surface area contributed by atoms with E-state index in [4.69, 9.17) is 4.98 Å². The fraction of sp³-hybridized carbons (Fsp3) is 0. The van der Waals surface area contributed by atoms with Crippen LogP contribution in [0.1, 0.15) is 0 Å².